The molecule has 18 heavy (non-hydrogen) atoms. The molecule has 0 bridgehead atoms. The lowest BCUT2D eigenvalue weighted by Gasteiger charge is -2.26. The Hall–Kier alpha value is -2.15. The van der Waals surface area contributed by atoms with Gasteiger partial charge in [-0.2, -0.15) is 0 Å². The number of imide groups is 1. The van der Waals surface area contributed by atoms with Gasteiger partial charge in [0.25, 0.3) is 5.56 Å². The van der Waals surface area contributed by atoms with E-state index in [2.05, 4.69) is 5.32 Å². The molecule has 2 rings (SSSR count). The molecule has 7 heteroatoms. The van der Waals surface area contributed by atoms with Crippen LogP contribution in [0.3, 0.4) is 0 Å². The molecule has 0 aromatic carbocycles. The highest BCUT2D eigenvalue weighted by molar-refractivity contribution is 6.05. The van der Waals surface area contributed by atoms with Crippen molar-refractivity contribution in [1.82, 2.24) is 9.88 Å². The fraction of sp³-hybridized carbons (Fsp3) is 0.364. The van der Waals surface area contributed by atoms with Crippen molar-refractivity contribution in [2.24, 2.45) is 5.73 Å². The first-order valence-corrected chi connectivity index (χ1v) is 5.64. The summed E-state index contributed by atoms with van der Waals surface area (Å²) >= 11 is 0. The van der Waals surface area contributed by atoms with Crippen LogP contribution in [0.1, 0.15) is 6.42 Å². The van der Waals surface area contributed by atoms with Crippen LogP contribution in [0.4, 0.5) is 10.5 Å². The summed E-state index contributed by atoms with van der Waals surface area (Å²) in [6, 6.07) is 2.53. The maximum absolute atomic E-state index is 11.7. The minimum atomic E-state index is -0.498. The van der Waals surface area contributed by atoms with E-state index in [1.54, 1.807) is 12.3 Å². The second kappa shape index (κ2) is 5.01. The number of nitrogens with two attached hydrogens (primary N) is 1. The van der Waals surface area contributed by atoms with Crippen molar-refractivity contribution in [3.05, 3.63) is 28.7 Å². The van der Waals surface area contributed by atoms with Crippen molar-refractivity contribution in [3.8, 4) is 0 Å². The molecule has 0 radical (unpaired) electrons. The zero-order chi connectivity index (χ0) is 13.1. The fourth-order valence-electron chi connectivity index (χ4n) is 1.80. The molecule has 1 aliphatic heterocycles. The molecule has 0 atom stereocenters. The van der Waals surface area contributed by atoms with Crippen LogP contribution in [0.2, 0.25) is 0 Å². The van der Waals surface area contributed by atoms with Gasteiger partial charge < -0.3 is 10.3 Å². The predicted molar refractivity (Wildman–Crippen MR) is 65.3 cm³/mol. The lowest BCUT2D eigenvalue weighted by Crippen LogP contribution is -2.49. The van der Waals surface area contributed by atoms with Crippen LogP contribution in [0.15, 0.2) is 23.1 Å². The molecular weight excluding hydrogens is 236 g/mol. The van der Waals surface area contributed by atoms with Gasteiger partial charge in [-0.25, -0.2) is 4.79 Å². The summed E-state index contributed by atoms with van der Waals surface area (Å²) in [5.41, 5.74) is 5.64. The van der Waals surface area contributed by atoms with E-state index in [-0.39, 0.29) is 24.4 Å². The summed E-state index contributed by atoms with van der Waals surface area (Å²) in [5, 5.41) is 2.21. The van der Waals surface area contributed by atoms with Crippen molar-refractivity contribution in [2.45, 2.75) is 13.0 Å². The number of anilines is 1. The van der Waals surface area contributed by atoms with E-state index >= 15 is 0 Å². The zero-order valence-electron chi connectivity index (χ0n) is 9.76. The Labute approximate surface area is 103 Å². The van der Waals surface area contributed by atoms with Crippen LogP contribution in [-0.4, -0.2) is 29.6 Å². The first-order valence-electron chi connectivity index (χ1n) is 5.64. The minimum absolute atomic E-state index is 0.220. The van der Waals surface area contributed by atoms with Crippen molar-refractivity contribution in [1.29, 1.82) is 0 Å². The van der Waals surface area contributed by atoms with Crippen LogP contribution in [0.25, 0.3) is 0 Å². The Kier molecular flexibility index (Phi) is 3.42. The van der Waals surface area contributed by atoms with Gasteiger partial charge >= 0.3 is 6.03 Å². The molecule has 1 saturated heterocycles. The maximum Gasteiger partial charge on any atom is 0.328 e. The third-order valence-electron chi connectivity index (χ3n) is 2.72. The molecule has 3 amide bonds. The molecule has 1 aliphatic rings. The monoisotopic (exact) mass is 250 g/mol. The number of urea groups is 1. The number of nitrogens with zero attached hydrogens (tertiary/aromatic N) is 2. The normalized spacial score (nSPS) is 15.7. The fourth-order valence-corrected chi connectivity index (χ4v) is 1.80. The maximum atomic E-state index is 11.7. The predicted octanol–water partition coefficient (Wildman–Crippen LogP) is -0.747. The second-order valence-corrected chi connectivity index (χ2v) is 3.96. The third kappa shape index (κ3) is 2.40. The smallest absolute Gasteiger partial charge is 0.328 e. The topological polar surface area (TPSA) is 97.4 Å². The van der Waals surface area contributed by atoms with Gasteiger partial charge in [-0.1, -0.05) is 0 Å². The Morgan fingerprint density at radius 3 is 2.72 bits per heavy atom. The highest BCUT2D eigenvalue weighted by Crippen LogP contribution is 2.14. The van der Waals surface area contributed by atoms with E-state index in [4.69, 9.17) is 5.73 Å². The highest BCUT2D eigenvalue weighted by atomic mass is 16.2. The van der Waals surface area contributed by atoms with Crippen LogP contribution >= 0.6 is 0 Å². The molecule has 0 unspecified atom stereocenters. The molecular formula is C11H14N4O3. The molecule has 0 spiro atoms. The number of hydrogen-bond donors (Lipinski definition) is 2. The molecule has 3 N–H and O–H groups in total. The van der Waals surface area contributed by atoms with Crippen LogP contribution in [0.5, 0.6) is 0 Å². The molecule has 2 heterocycles. The largest absolute Gasteiger partial charge is 0.329 e. The number of pyridine rings is 1. The van der Waals surface area contributed by atoms with E-state index in [0.29, 0.717) is 18.8 Å². The van der Waals surface area contributed by atoms with Gasteiger partial charge in [0.2, 0.25) is 5.91 Å². The minimum Gasteiger partial charge on any atom is -0.329 e. The number of carbonyl (C=O) groups is 2. The quantitative estimate of drug-likeness (QED) is 0.737. The Morgan fingerprint density at radius 2 is 2.11 bits per heavy atom. The SMILES string of the molecule is NCCn1ccc(N2CCC(=O)NC2=O)cc1=O. The molecule has 1 aromatic heterocycles. The first kappa shape index (κ1) is 12.3. The summed E-state index contributed by atoms with van der Waals surface area (Å²) in [6.45, 7) is 1.09. The summed E-state index contributed by atoms with van der Waals surface area (Å²) in [6.07, 6.45) is 1.83. The number of nitrogens with one attached hydrogen (secondary N) is 1. The number of rotatable bonds is 3. The summed E-state index contributed by atoms with van der Waals surface area (Å²) in [7, 11) is 0. The van der Waals surface area contributed by atoms with Gasteiger partial charge in [0.05, 0.1) is 5.69 Å². The van der Waals surface area contributed by atoms with Gasteiger partial charge in [-0.15, -0.1) is 0 Å². The zero-order valence-corrected chi connectivity index (χ0v) is 9.76. The Morgan fingerprint density at radius 1 is 1.33 bits per heavy atom. The van der Waals surface area contributed by atoms with Gasteiger partial charge in [-0.05, 0) is 6.07 Å². The van der Waals surface area contributed by atoms with Crippen molar-refractivity contribution < 1.29 is 9.59 Å². The van der Waals surface area contributed by atoms with E-state index < -0.39 is 6.03 Å². The van der Waals surface area contributed by atoms with Crippen LogP contribution in [0, 0.1) is 0 Å². The molecule has 0 saturated carbocycles. The number of aromatic nitrogens is 1. The number of carbonyl (C=O) groups excluding carboxylic acids is 2. The molecule has 1 fully saturated rings. The lowest BCUT2D eigenvalue weighted by atomic mass is 10.2. The summed E-state index contributed by atoms with van der Waals surface area (Å²) in [5.74, 6) is -0.298. The van der Waals surface area contributed by atoms with Crippen LogP contribution < -0.4 is 21.5 Å². The second-order valence-electron chi connectivity index (χ2n) is 3.96. The van der Waals surface area contributed by atoms with Crippen LogP contribution in [-0.2, 0) is 11.3 Å². The highest BCUT2D eigenvalue weighted by Gasteiger charge is 2.24. The Bertz CT molecular complexity index is 537. The van der Waals surface area contributed by atoms with Crippen molar-refractivity contribution in [2.75, 3.05) is 18.0 Å². The van der Waals surface area contributed by atoms with Gasteiger partial charge in [-0.3, -0.25) is 19.8 Å². The van der Waals surface area contributed by atoms with E-state index in [1.165, 1.54) is 15.5 Å². The third-order valence-corrected chi connectivity index (χ3v) is 2.72. The molecule has 1 aromatic rings. The molecule has 0 aliphatic carbocycles. The van der Waals surface area contributed by atoms with E-state index in [9.17, 15) is 14.4 Å². The molecule has 96 valence electrons. The van der Waals surface area contributed by atoms with Crippen molar-refractivity contribution in [3.63, 3.8) is 0 Å². The Balaban J connectivity index is 2.24. The van der Waals surface area contributed by atoms with E-state index in [1.807, 2.05) is 0 Å². The van der Waals surface area contributed by atoms with Gasteiger partial charge in [0, 0.05) is 38.3 Å². The molecule has 7 nitrogen and oxygen atoms in total. The van der Waals surface area contributed by atoms with E-state index in [0.717, 1.165) is 0 Å². The number of amides is 3. The average molecular weight is 250 g/mol. The summed E-state index contributed by atoms with van der Waals surface area (Å²) < 4.78 is 1.47. The number of hydrogen-bond acceptors (Lipinski definition) is 4. The van der Waals surface area contributed by atoms with Crippen molar-refractivity contribution >= 4 is 17.6 Å². The summed E-state index contributed by atoms with van der Waals surface area (Å²) in [4.78, 5) is 35.7. The lowest BCUT2D eigenvalue weighted by molar-refractivity contribution is -0.120. The van der Waals surface area contributed by atoms with Gasteiger partial charge in [0.1, 0.15) is 0 Å². The van der Waals surface area contributed by atoms with Gasteiger partial charge in [0.15, 0.2) is 0 Å². The average Bonchev–Trinajstić information content (AvgIpc) is 2.32. The standard InChI is InChI=1S/C11H14N4O3/c12-3-6-14-4-1-8(7-10(14)17)15-5-2-9(16)13-11(15)18/h1,4,7H,2-3,5-6,12H2,(H,13,16,18). The first-order chi connectivity index (χ1) is 8.61.